The first-order valence-corrected chi connectivity index (χ1v) is 11.2. The third-order valence-corrected chi connectivity index (χ3v) is 7.16. The molecule has 0 radical (unpaired) electrons. The lowest BCUT2D eigenvalue weighted by Crippen LogP contribution is -2.26. The van der Waals surface area contributed by atoms with E-state index < -0.39 is 0 Å². The van der Waals surface area contributed by atoms with E-state index in [1.165, 1.54) is 23.3 Å². The number of benzene rings is 1. The molecule has 2 N–H and O–H groups in total. The largest absolute Gasteiger partial charge is 0.358 e. The van der Waals surface area contributed by atoms with Gasteiger partial charge in [0.15, 0.2) is 0 Å². The minimum absolute atomic E-state index is 0.0225. The number of thiophene rings is 1. The molecule has 3 heterocycles. The number of fused-ring (bicyclic) bond motifs is 2. The van der Waals surface area contributed by atoms with Gasteiger partial charge in [0, 0.05) is 16.6 Å². The van der Waals surface area contributed by atoms with Crippen molar-refractivity contribution in [3.05, 3.63) is 69.3 Å². The molecule has 1 aliphatic carbocycles. The highest BCUT2D eigenvalue weighted by Crippen LogP contribution is 2.31. The van der Waals surface area contributed by atoms with Gasteiger partial charge in [-0.2, -0.15) is 0 Å². The molecule has 6 heteroatoms. The molecule has 0 fully saturated rings. The quantitative estimate of drug-likeness (QED) is 0.470. The van der Waals surface area contributed by atoms with Crippen molar-refractivity contribution in [3.63, 3.8) is 0 Å². The molecule has 0 bridgehead atoms. The summed E-state index contributed by atoms with van der Waals surface area (Å²) in [6.45, 7) is 4.12. The van der Waals surface area contributed by atoms with Gasteiger partial charge in [0.25, 0.3) is 5.91 Å². The molecular weight excluding hydrogens is 392 g/mol. The van der Waals surface area contributed by atoms with E-state index in [-0.39, 0.29) is 11.9 Å². The number of hydrogen-bond acceptors (Lipinski definition) is 4. The monoisotopic (exact) mass is 416 g/mol. The maximum Gasteiger partial charge on any atom is 0.261 e. The Morgan fingerprint density at radius 3 is 2.87 bits per heavy atom. The molecule has 30 heavy (non-hydrogen) atoms. The number of rotatable bonds is 4. The third kappa shape index (κ3) is 3.41. The van der Waals surface area contributed by atoms with Crippen LogP contribution in [-0.2, 0) is 12.8 Å². The molecule has 0 saturated carbocycles. The van der Waals surface area contributed by atoms with Crippen LogP contribution in [0.4, 0.5) is 0 Å². The van der Waals surface area contributed by atoms with E-state index in [4.69, 9.17) is 0 Å². The van der Waals surface area contributed by atoms with Crippen LogP contribution in [0.25, 0.3) is 22.3 Å². The fourth-order valence-electron chi connectivity index (χ4n) is 4.35. The summed E-state index contributed by atoms with van der Waals surface area (Å²) in [5, 5.41) is 3.19. The molecular formula is C24H24N4OS. The first-order valence-electron chi connectivity index (χ1n) is 10.4. The zero-order valence-corrected chi connectivity index (χ0v) is 18.0. The topological polar surface area (TPSA) is 70.7 Å². The van der Waals surface area contributed by atoms with E-state index in [1.54, 1.807) is 17.7 Å². The molecule has 0 spiro atoms. The van der Waals surface area contributed by atoms with E-state index in [0.29, 0.717) is 0 Å². The zero-order valence-electron chi connectivity index (χ0n) is 17.2. The van der Waals surface area contributed by atoms with Gasteiger partial charge in [-0.3, -0.25) is 4.79 Å². The lowest BCUT2D eigenvalue weighted by atomic mass is 9.98. The number of aromatic amines is 1. The number of nitrogens with one attached hydrogen (secondary N) is 2. The Bertz CT molecular complexity index is 1220. The molecule has 1 atom stereocenters. The predicted molar refractivity (Wildman–Crippen MR) is 121 cm³/mol. The van der Waals surface area contributed by atoms with Crippen LogP contribution < -0.4 is 5.32 Å². The Balaban J connectivity index is 1.37. The van der Waals surface area contributed by atoms with Gasteiger partial charge in [-0.1, -0.05) is 12.1 Å². The SMILES string of the molecule is Cc1cc(-c2ncnc3cc[nH]c23)ccc1C(C)NC(=O)c1cc2c(s1)CCCC2. The van der Waals surface area contributed by atoms with Gasteiger partial charge in [0.1, 0.15) is 6.33 Å². The Labute approximate surface area is 179 Å². The smallest absolute Gasteiger partial charge is 0.261 e. The Hall–Kier alpha value is -2.99. The summed E-state index contributed by atoms with van der Waals surface area (Å²) < 4.78 is 0. The predicted octanol–water partition coefficient (Wildman–Crippen LogP) is 5.36. The number of carbonyl (C=O) groups is 1. The van der Waals surface area contributed by atoms with Crippen LogP contribution >= 0.6 is 11.3 Å². The second-order valence-electron chi connectivity index (χ2n) is 7.99. The summed E-state index contributed by atoms with van der Waals surface area (Å²) in [4.78, 5) is 27.1. The first kappa shape index (κ1) is 19.0. The lowest BCUT2D eigenvalue weighted by Gasteiger charge is -2.17. The van der Waals surface area contributed by atoms with Gasteiger partial charge in [-0.25, -0.2) is 9.97 Å². The van der Waals surface area contributed by atoms with Crippen molar-refractivity contribution >= 4 is 28.3 Å². The Morgan fingerprint density at radius 2 is 2.03 bits per heavy atom. The van der Waals surface area contributed by atoms with E-state index in [1.807, 2.05) is 19.2 Å². The molecule has 5 rings (SSSR count). The summed E-state index contributed by atoms with van der Waals surface area (Å²) in [6.07, 6.45) is 8.15. The van der Waals surface area contributed by atoms with Crippen molar-refractivity contribution in [1.29, 1.82) is 0 Å². The average Bonchev–Trinajstić information content (AvgIpc) is 3.40. The van der Waals surface area contributed by atoms with Crippen molar-refractivity contribution < 1.29 is 4.79 Å². The van der Waals surface area contributed by atoms with Crippen molar-refractivity contribution in [3.8, 4) is 11.3 Å². The van der Waals surface area contributed by atoms with Gasteiger partial charge in [0.05, 0.1) is 27.6 Å². The van der Waals surface area contributed by atoms with E-state index >= 15 is 0 Å². The van der Waals surface area contributed by atoms with Crippen LogP contribution in [0.15, 0.2) is 42.9 Å². The summed E-state index contributed by atoms with van der Waals surface area (Å²) in [6, 6.07) is 10.3. The minimum atomic E-state index is -0.0680. The Morgan fingerprint density at radius 1 is 1.17 bits per heavy atom. The normalized spacial score (nSPS) is 14.5. The van der Waals surface area contributed by atoms with E-state index in [9.17, 15) is 4.79 Å². The van der Waals surface area contributed by atoms with Gasteiger partial charge in [-0.15, -0.1) is 11.3 Å². The highest BCUT2D eigenvalue weighted by atomic mass is 32.1. The van der Waals surface area contributed by atoms with Crippen molar-refractivity contribution in [2.45, 2.75) is 45.6 Å². The van der Waals surface area contributed by atoms with Crippen LogP contribution in [-0.4, -0.2) is 20.9 Å². The Kier molecular flexibility index (Phi) is 4.87. The molecule has 1 aromatic carbocycles. The second-order valence-corrected chi connectivity index (χ2v) is 9.13. The highest BCUT2D eigenvalue weighted by Gasteiger charge is 2.20. The summed E-state index contributed by atoms with van der Waals surface area (Å²) >= 11 is 1.66. The molecule has 1 unspecified atom stereocenters. The third-order valence-electron chi connectivity index (χ3n) is 5.92. The molecule has 4 aromatic rings. The lowest BCUT2D eigenvalue weighted by molar-refractivity contribution is 0.0944. The summed E-state index contributed by atoms with van der Waals surface area (Å²) in [5.41, 5.74) is 7.38. The molecule has 0 aliphatic heterocycles. The summed E-state index contributed by atoms with van der Waals surface area (Å²) in [7, 11) is 0. The van der Waals surface area contributed by atoms with Crippen LogP contribution in [0.5, 0.6) is 0 Å². The van der Waals surface area contributed by atoms with E-state index in [2.05, 4.69) is 51.5 Å². The number of nitrogens with zero attached hydrogens (tertiary/aromatic N) is 2. The highest BCUT2D eigenvalue weighted by molar-refractivity contribution is 7.14. The van der Waals surface area contributed by atoms with Crippen LogP contribution in [0.2, 0.25) is 0 Å². The molecule has 5 nitrogen and oxygen atoms in total. The van der Waals surface area contributed by atoms with Crippen LogP contribution in [0.1, 0.15) is 57.0 Å². The zero-order chi connectivity index (χ0) is 20.7. The van der Waals surface area contributed by atoms with Crippen molar-refractivity contribution in [1.82, 2.24) is 20.3 Å². The number of H-pyrrole nitrogens is 1. The van der Waals surface area contributed by atoms with Gasteiger partial charge in [0.2, 0.25) is 0 Å². The van der Waals surface area contributed by atoms with E-state index in [0.717, 1.165) is 51.1 Å². The van der Waals surface area contributed by atoms with Crippen LogP contribution in [0, 0.1) is 6.92 Å². The maximum atomic E-state index is 12.8. The number of aryl methyl sites for hydroxylation is 3. The maximum absolute atomic E-state index is 12.8. The fraction of sp³-hybridized carbons (Fsp3) is 0.292. The molecule has 1 amide bonds. The van der Waals surface area contributed by atoms with Crippen molar-refractivity contribution in [2.75, 3.05) is 0 Å². The number of aromatic nitrogens is 3. The minimum Gasteiger partial charge on any atom is -0.358 e. The van der Waals surface area contributed by atoms with Gasteiger partial charge in [-0.05, 0) is 74.4 Å². The average molecular weight is 417 g/mol. The molecule has 0 saturated heterocycles. The summed E-state index contributed by atoms with van der Waals surface area (Å²) in [5.74, 6) is 0.0225. The van der Waals surface area contributed by atoms with Crippen LogP contribution in [0.3, 0.4) is 0 Å². The van der Waals surface area contributed by atoms with Gasteiger partial charge < -0.3 is 10.3 Å². The number of carbonyl (C=O) groups excluding carboxylic acids is 1. The molecule has 3 aromatic heterocycles. The molecule has 1 aliphatic rings. The first-order chi connectivity index (χ1) is 14.6. The number of amides is 1. The number of hydrogen-bond donors (Lipinski definition) is 2. The second kappa shape index (κ2) is 7.69. The molecule has 152 valence electrons. The van der Waals surface area contributed by atoms with Crippen molar-refractivity contribution in [2.24, 2.45) is 0 Å². The standard InChI is InChI=1S/C24H24N4OS/c1-14-11-17(22-23-19(9-10-25-23)26-13-27-22)7-8-18(14)15(2)28-24(29)21-12-16-5-3-4-6-20(16)30-21/h7-13,15,25H,3-6H2,1-2H3,(H,28,29). The fourth-order valence-corrected chi connectivity index (χ4v) is 5.50. The van der Waals surface area contributed by atoms with Gasteiger partial charge >= 0.3 is 0 Å².